The normalized spacial score (nSPS) is 15.8. The maximum absolute atomic E-state index is 12.1. The summed E-state index contributed by atoms with van der Waals surface area (Å²) in [4.78, 5) is 5.44. The molecule has 1 aliphatic rings. The molecule has 6 nitrogen and oxygen atoms in total. The largest absolute Gasteiger partial charge is 0.363 e. The van der Waals surface area contributed by atoms with Crippen LogP contribution in [0.2, 0.25) is 0 Å². The zero-order valence-electron chi connectivity index (χ0n) is 12.9. The van der Waals surface area contributed by atoms with Crippen molar-refractivity contribution in [3.05, 3.63) is 18.0 Å². The van der Waals surface area contributed by atoms with E-state index in [-0.39, 0.29) is 0 Å². The van der Waals surface area contributed by atoms with Crippen molar-refractivity contribution < 1.29 is 8.42 Å². The van der Waals surface area contributed by atoms with E-state index in [4.69, 9.17) is 0 Å². The second-order valence-corrected chi connectivity index (χ2v) is 7.69. The average Bonchev–Trinajstić information content (AvgIpc) is 3.11. The number of H-pyrrole nitrogens is 1. The summed E-state index contributed by atoms with van der Waals surface area (Å²) in [7, 11) is 0.644. The molecule has 0 aliphatic heterocycles. The molecule has 0 atom stereocenters. The predicted octanol–water partition coefficient (Wildman–Crippen LogP) is 0.887. The Bertz CT molecular complexity index is 535. The Morgan fingerprint density at radius 2 is 2.10 bits per heavy atom. The van der Waals surface area contributed by atoms with Crippen molar-refractivity contribution >= 4 is 10.0 Å². The van der Waals surface area contributed by atoms with Gasteiger partial charge in [0.2, 0.25) is 10.0 Å². The molecular formula is C14H26N4O2S. The van der Waals surface area contributed by atoms with Crippen molar-refractivity contribution in [1.82, 2.24) is 19.9 Å². The average molecular weight is 314 g/mol. The van der Waals surface area contributed by atoms with E-state index < -0.39 is 10.0 Å². The number of aromatic nitrogens is 1. The van der Waals surface area contributed by atoms with Crippen molar-refractivity contribution in [1.29, 1.82) is 0 Å². The highest BCUT2D eigenvalue weighted by Gasteiger charge is 2.21. The van der Waals surface area contributed by atoms with Gasteiger partial charge in [0.15, 0.2) is 0 Å². The maximum atomic E-state index is 12.1. The summed E-state index contributed by atoms with van der Waals surface area (Å²) in [5, 5.41) is 3.36. The molecule has 0 radical (unpaired) electrons. The van der Waals surface area contributed by atoms with Gasteiger partial charge < -0.3 is 15.2 Å². The summed E-state index contributed by atoms with van der Waals surface area (Å²) < 4.78 is 26.9. The topological polar surface area (TPSA) is 77.2 Å². The molecule has 1 aromatic heterocycles. The van der Waals surface area contributed by atoms with E-state index in [1.807, 2.05) is 14.1 Å². The summed E-state index contributed by atoms with van der Waals surface area (Å²) >= 11 is 0. The Kier molecular flexibility index (Phi) is 5.80. The number of nitrogens with one attached hydrogen (secondary N) is 3. The lowest BCUT2D eigenvalue weighted by Crippen LogP contribution is -2.25. The van der Waals surface area contributed by atoms with Crippen LogP contribution < -0.4 is 10.0 Å². The van der Waals surface area contributed by atoms with Crippen LogP contribution in [0.4, 0.5) is 0 Å². The Morgan fingerprint density at radius 3 is 2.76 bits per heavy atom. The van der Waals surface area contributed by atoms with Gasteiger partial charge in [0.05, 0.1) is 4.90 Å². The van der Waals surface area contributed by atoms with Gasteiger partial charge in [-0.2, -0.15) is 0 Å². The van der Waals surface area contributed by atoms with Gasteiger partial charge in [0, 0.05) is 31.0 Å². The van der Waals surface area contributed by atoms with E-state index in [1.165, 1.54) is 12.8 Å². The zero-order valence-corrected chi connectivity index (χ0v) is 13.7. The van der Waals surface area contributed by atoms with Crippen molar-refractivity contribution in [2.45, 2.75) is 43.2 Å². The number of nitrogens with zero attached hydrogens (tertiary/aromatic N) is 1. The summed E-state index contributed by atoms with van der Waals surface area (Å²) in [6, 6.07) is 2.32. The van der Waals surface area contributed by atoms with Gasteiger partial charge in [-0.05, 0) is 52.4 Å². The highest BCUT2D eigenvalue weighted by atomic mass is 32.2. The Morgan fingerprint density at radius 1 is 1.33 bits per heavy atom. The lowest BCUT2D eigenvalue weighted by Gasteiger charge is -2.09. The lowest BCUT2D eigenvalue weighted by molar-refractivity contribution is 0.394. The fourth-order valence-corrected chi connectivity index (χ4v) is 3.15. The number of rotatable bonds is 10. The fraction of sp³-hybridized carbons (Fsp3) is 0.714. The standard InChI is InChI=1S/C14H26N4O2S/c1-18(2)8-4-3-7-17-21(19,20)14-9-13(16-11-14)10-15-12-5-6-12/h9,11-12,15-17H,3-8,10H2,1-2H3. The Balaban J connectivity index is 1.75. The van der Waals surface area contributed by atoms with E-state index in [2.05, 4.69) is 19.9 Å². The van der Waals surface area contributed by atoms with Gasteiger partial charge in [-0.1, -0.05) is 0 Å². The second kappa shape index (κ2) is 7.40. The van der Waals surface area contributed by atoms with Crippen LogP contribution in [0.3, 0.4) is 0 Å². The van der Waals surface area contributed by atoms with Crippen LogP contribution in [-0.2, 0) is 16.6 Å². The van der Waals surface area contributed by atoms with Crippen LogP contribution in [0.25, 0.3) is 0 Å². The SMILES string of the molecule is CN(C)CCCCNS(=O)(=O)c1c[nH]c(CNC2CC2)c1. The van der Waals surface area contributed by atoms with Gasteiger partial charge in [-0.25, -0.2) is 13.1 Å². The van der Waals surface area contributed by atoms with Crippen LogP contribution in [0.5, 0.6) is 0 Å². The molecule has 0 aromatic carbocycles. The second-order valence-electron chi connectivity index (χ2n) is 5.92. The van der Waals surface area contributed by atoms with Crippen molar-refractivity contribution in [2.24, 2.45) is 0 Å². The number of unbranched alkanes of at least 4 members (excludes halogenated alkanes) is 1. The van der Waals surface area contributed by atoms with Crippen molar-refractivity contribution in [2.75, 3.05) is 27.2 Å². The molecule has 0 bridgehead atoms. The van der Waals surface area contributed by atoms with Gasteiger partial charge in [-0.15, -0.1) is 0 Å². The van der Waals surface area contributed by atoms with E-state index in [0.717, 1.165) is 25.1 Å². The minimum absolute atomic E-state index is 0.322. The number of aromatic amines is 1. The summed E-state index contributed by atoms with van der Waals surface area (Å²) in [6.07, 6.45) is 5.84. The first-order valence-electron chi connectivity index (χ1n) is 7.52. The minimum Gasteiger partial charge on any atom is -0.363 e. The predicted molar refractivity (Wildman–Crippen MR) is 83.6 cm³/mol. The molecule has 0 saturated heterocycles. The molecule has 120 valence electrons. The number of hydrogen-bond acceptors (Lipinski definition) is 4. The summed E-state index contributed by atoms with van der Waals surface area (Å²) in [5.74, 6) is 0. The van der Waals surface area contributed by atoms with Crippen LogP contribution in [0.1, 0.15) is 31.4 Å². The molecular weight excluding hydrogens is 288 g/mol. The van der Waals surface area contributed by atoms with Crippen molar-refractivity contribution in [3.8, 4) is 0 Å². The van der Waals surface area contributed by atoms with E-state index in [9.17, 15) is 8.42 Å². The van der Waals surface area contributed by atoms with E-state index in [1.54, 1.807) is 12.3 Å². The molecule has 1 fully saturated rings. The first-order chi connectivity index (χ1) is 9.97. The number of hydrogen-bond donors (Lipinski definition) is 3. The molecule has 0 amide bonds. The maximum Gasteiger partial charge on any atom is 0.242 e. The summed E-state index contributed by atoms with van der Waals surface area (Å²) in [5.41, 5.74) is 0.912. The first kappa shape index (κ1) is 16.5. The van der Waals surface area contributed by atoms with Gasteiger partial charge in [-0.3, -0.25) is 0 Å². The van der Waals surface area contributed by atoms with Crippen LogP contribution in [0, 0.1) is 0 Å². The molecule has 1 aromatic rings. The van der Waals surface area contributed by atoms with E-state index in [0.29, 0.717) is 24.0 Å². The van der Waals surface area contributed by atoms with Gasteiger partial charge >= 0.3 is 0 Å². The fourth-order valence-electron chi connectivity index (χ4n) is 2.06. The Hall–Kier alpha value is -0.890. The highest BCUT2D eigenvalue weighted by molar-refractivity contribution is 7.89. The van der Waals surface area contributed by atoms with Crippen LogP contribution >= 0.6 is 0 Å². The molecule has 1 aliphatic carbocycles. The van der Waals surface area contributed by atoms with Gasteiger partial charge in [0.1, 0.15) is 0 Å². The quantitative estimate of drug-likeness (QED) is 0.561. The molecule has 1 heterocycles. The minimum atomic E-state index is -3.39. The van der Waals surface area contributed by atoms with Gasteiger partial charge in [0.25, 0.3) is 0 Å². The first-order valence-corrected chi connectivity index (χ1v) is 9.01. The molecule has 1 saturated carbocycles. The number of sulfonamides is 1. The molecule has 0 spiro atoms. The monoisotopic (exact) mass is 314 g/mol. The molecule has 3 N–H and O–H groups in total. The lowest BCUT2D eigenvalue weighted by atomic mass is 10.3. The summed E-state index contributed by atoms with van der Waals surface area (Å²) in [6.45, 7) is 2.16. The third-order valence-electron chi connectivity index (χ3n) is 3.51. The zero-order chi connectivity index (χ0) is 15.3. The van der Waals surface area contributed by atoms with E-state index >= 15 is 0 Å². The molecule has 2 rings (SSSR count). The smallest absolute Gasteiger partial charge is 0.242 e. The molecule has 0 unspecified atom stereocenters. The third kappa shape index (κ3) is 5.78. The van der Waals surface area contributed by atoms with Crippen molar-refractivity contribution in [3.63, 3.8) is 0 Å². The molecule has 21 heavy (non-hydrogen) atoms. The third-order valence-corrected chi connectivity index (χ3v) is 4.95. The highest BCUT2D eigenvalue weighted by Crippen LogP contribution is 2.19. The van der Waals surface area contributed by atoms with Crippen LogP contribution in [-0.4, -0.2) is 51.5 Å². The Labute approximate surface area is 127 Å². The van der Waals surface area contributed by atoms with Crippen LogP contribution in [0.15, 0.2) is 17.2 Å². The molecule has 7 heteroatoms.